The zero-order valence-electron chi connectivity index (χ0n) is 17.6. The summed E-state index contributed by atoms with van der Waals surface area (Å²) in [5.74, 6) is -4.80. The SMILES string of the molecule is [2H]N(C(=O)C1CCCc2ccccc21)[C@H](C(=O)N[C@@H](CCC(=O)O)C(=O)O)C(C)C. The van der Waals surface area contributed by atoms with Crippen LogP contribution < -0.4 is 10.6 Å². The van der Waals surface area contributed by atoms with Crippen LogP contribution in [-0.4, -0.2) is 46.0 Å². The van der Waals surface area contributed by atoms with Gasteiger partial charge in [-0.15, -0.1) is 0 Å². The van der Waals surface area contributed by atoms with Gasteiger partial charge in [-0.25, -0.2) is 4.79 Å². The molecule has 3 atom stereocenters. The highest BCUT2D eigenvalue weighted by molar-refractivity contribution is 5.92. The van der Waals surface area contributed by atoms with Crippen LogP contribution in [0.5, 0.6) is 0 Å². The molecule has 0 heterocycles. The first-order valence-electron chi connectivity index (χ1n) is 10.2. The molecule has 1 aromatic rings. The van der Waals surface area contributed by atoms with Gasteiger partial charge < -0.3 is 20.8 Å². The standard InChI is InChI=1S/C21H28N2O6/c1-12(2)18(20(27)22-16(21(28)29)10-11-17(24)25)23-19(26)15-9-5-7-13-6-3-4-8-14(13)15/h3-4,6,8,12,15-16,18H,5,7,9-11H2,1-2H3,(H,22,27)(H,23,26)(H,24,25)(H,28,29)/t15?,16-,18-/m0/s1/i/hD. The molecule has 8 nitrogen and oxygen atoms in total. The van der Waals surface area contributed by atoms with Gasteiger partial charge in [0.15, 0.2) is 1.41 Å². The van der Waals surface area contributed by atoms with E-state index in [9.17, 15) is 24.3 Å². The average Bonchev–Trinajstić information content (AvgIpc) is 2.69. The number of fused-ring (bicyclic) bond motifs is 1. The summed E-state index contributed by atoms with van der Waals surface area (Å²) in [7, 11) is 0. The number of aliphatic carboxylic acids is 2. The Morgan fingerprint density at radius 1 is 1.21 bits per heavy atom. The molecule has 1 aliphatic rings. The third-order valence-corrected chi connectivity index (χ3v) is 5.10. The minimum absolute atomic E-state index is 0.289. The molecule has 8 heteroatoms. The lowest BCUT2D eigenvalue weighted by Gasteiger charge is -2.29. The van der Waals surface area contributed by atoms with E-state index in [0.717, 1.165) is 24.0 Å². The van der Waals surface area contributed by atoms with Crippen LogP contribution in [0.1, 0.15) is 56.6 Å². The molecule has 158 valence electrons. The third kappa shape index (κ3) is 6.04. The monoisotopic (exact) mass is 405 g/mol. The van der Waals surface area contributed by atoms with Gasteiger partial charge in [0.1, 0.15) is 12.1 Å². The van der Waals surface area contributed by atoms with E-state index in [0.29, 0.717) is 11.7 Å². The van der Waals surface area contributed by atoms with E-state index in [2.05, 4.69) is 5.32 Å². The summed E-state index contributed by atoms with van der Waals surface area (Å²) in [6.07, 6.45) is 1.52. The van der Waals surface area contributed by atoms with Gasteiger partial charge in [0.25, 0.3) is 0 Å². The molecule has 29 heavy (non-hydrogen) atoms. The Balaban J connectivity index is 2.18. The number of carboxylic acid groups (broad SMARTS) is 2. The third-order valence-electron chi connectivity index (χ3n) is 5.10. The van der Waals surface area contributed by atoms with Crippen LogP contribution in [0.3, 0.4) is 0 Å². The molecular weight excluding hydrogens is 376 g/mol. The van der Waals surface area contributed by atoms with Crippen LogP contribution in [0.4, 0.5) is 0 Å². The molecule has 2 rings (SSSR count). The lowest BCUT2D eigenvalue weighted by molar-refractivity contribution is -0.143. The lowest BCUT2D eigenvalue weighted by atomic mass is 9.82. The number of nitrogens with one attached hydrogen (secondary N) is 2. The van der Waals surface area contributed by atoms with Crippen molar-refractivity contribution in [2.45, 2.75) is 64.0 Å². The lowest BCUT2D eigenvalue weighted by Crippen LogP contribution is -2.54. The van der Waals surface area contributed by atoms with Gasteiger partial charge in [-0.05, 0) is 42.7 Å². The maximum Gasteiger partial charge on any atom is 0.326 e. The van der Waals surface area contributed by atoms with Crippen LogP contribution in [-0.2, 0) is 25.6 Å². The van der Waals surface area contributed by atoms with Crippen molar-refractivity contribution >= 4 is 23.8 Å². The van der Waals surface area contributed by atoms with E-state index in [1.54, 1.807) is 13.8 Å². The largest absolute Gasteiger partial charge is 0.481 e. The molecule has 0 saturated carbocycles. The van der Waals surface area contributed by atoms with E-state index >= 15 is 0 Å². The zero-order chi connectivity index (χ0) is 22.4. The fourth-order valence-electron chi connectivity index (χ4n) is 3.53. The number of carbonyl (C=O) groups is 4. The number of hydrogen-bond acceptors (Lipinski definition) is 4. The van der Waals surface area contributed by atoms with Crippen molar-refractivity contribution < 1.29 is 30.8 Å². The average molecular weight is 405 g/mol. The topological polar surface area (TPSA) is 133 Å². The summed E-state index contributed by atoms with van der Waals surface area (Å²) in [5, 5.41) is 21.0. The van der Waals surface area contributed by atoms with Crippen LogP contribution in [0.2, 0.25) is 1.41 Å². The normalized spacial score (nSPS) is 18.2. The van der Waals surface area contributed by atoms with Crippen molar-refractivity contribution in [2.75, 3.05) is 0 Å². The maximum absolute atomic E-state index is 13.1. The molecule has 0 aliphatic heterocycles. The van der Waals surface area contributed by atoms with Gasteiger partial charge in [-0.3, -0.25) is 14.4 Å². The number of rotatable bonds is 9. The van der Waals surface area contributed by atoms with Crippen molar-refractivity contribution in [2.24, 2.45) is 5.92 Å². The Kier molecular flexibility index (Phi) is 7.21. The van der Waals surface area contributed by atoms with Crippen LogP contribution in [0.25, 0.3) is 0 Å². The highest BCUT2D eigenvalue weighted by Crippen LogP contribution is 2.31. The summed E-state index contributed by atoms with van der Waals surface area (Å²) in [5.41, 5.74) is 1.92. The van der Waals surface area contributed by atoms with E-state index in [1.807, 2.05) is 24.3 Å². The summed E-state index contributed by atoms with van der Waals surface area (Å²) < 4.78 is 8.38. The first kappa shape index (κ1) is 20.8. The molecule has 1 aromatic carbocycles. The molecule has 0 radical (unpaired) electrons. The quantitative estimate of drug-likeness (QED) is 0.494. The Labute approximate surface area is 171 Å². The van der Waals surface area contributed by atoms with E-state index in [-0.39, 0.29) is 6.42 Å². The van der Waals surface area contributed by atoms with Gasteiger partial charge in [-0.1, -0.05) is 38.1 Å². The smallest absolute Gasteiger partial charge is 0.326 e. The number of amides is 2. The zero-order valence-corrected chi connectivity index (χ0v) is 16.6. The van der Waals surface area contributed by atoms with Crippen molar-refractivity contribution in [3.8, 4) is 0 Å². The number of hydrogen-bond donors (Lipinski definition) is 4. The van der Waals surface area contributed by atoms with Gasteiger partial charge in [0.05, 0.1) is 5.92 Å². The molecule has 4 N–H and O–H groups in total. The second kappa shape index (κ2) is 10.0. The molecule has 0 bridgehead atoms. The fraction of sp³-hybridized carbons (Fsp3) is 0.524. The van der Waals surface area contributed by atoms with Crippen molar-refractivity contribution in [1.29, 1.82) is 0 Å². The minimum Gasteiger partial charge on any atom is -0.481 e. The Morgan fingerprint density at radius 2 is 1.90 bits per heavy atom. The minimum atomic E-state index is -1.41. The fourth-order valence-corrected chi connectivity index (χ4v) is 3.53. The molecule has 2 amide bonds. The molecule has 0 aromatic heterocycles. The van der Waals surface area contributed by atoms with Gasteiger partial charge in [-0.2, -0.15) is 0 Å². The molecule has 0 saturated heterocycles. The second-order valence-electron chi connectivity index (χ2n) is 7.63. The summed E-state index contributed by atoms with van der Waals surface area (Å²) in [6, 6.07) is 4.95. The van der Waals surface area contributed by atoms with Crippen LogP contribution >= 0.6 is 0 Å². The molecule has 1 aliphatic carbocycles. The van der Waals surface area contributed by atoms with Crippen LogP contribution in [0, 0.1) is 5.92 Å². The van der Waals surface area contributed by atoms with Crippen molar-refractivity contribution in [3.63, 3.8) is 0 Å². The first-order valence-corrected chi connectivity index (χ1v) is 9.78. The summed E-state index contributed by atoms with van der Waals surface area (Å²) in [4.78, 5) is 48.0. The second-order valence-corrected chi connectivity index (χ2v) is 7.63. The molecular formula is C21H28N2O6. The van der Waals surface area contributed by atoms with E-state index in [1.165, 1.54) is 0 Å². The maximum atomic E-state index is 13.1. The van der Waals surface area contributed by atoms with Crippen molar-refractivity contribution in [1.82, 2.24) is 10.6 Å². The predicted molar refractivity (Wildman–Crippen MR) is 105 cm³/mol. The number of benzene rings is 1. The van der Waals surface area contributed by atoms with E-state index in [4.69, 9.17) is 6.52 Å². The molecule has 0 spiro atoms. The van der Waals surface area contributed by atoms with Gasteiger partial charge in [0, 0.05) is 6.42 Å². The Bertz CT molecular complexity index is 812. The van der Waals surface area contributed by atoms with E-state index < -0.39 is 54.1 Å². The molecule has 0 fully saturated rings. The number of carboxylic acids is 2. The highest BCUT2D eigenvalue weighted by atomic mass is 16.4. The number of aryl methyl sites for hydroxylation is 1. The Morgan fingerprint density at radius 3 is 2.52 bits per heavy atom. The first-order chi connectivity index (χ1) is 14.1. The molecule has 1 unspecified atom stereocenters. The van der Waals surface area contributed by atoms with Crippen molar-refractivity contribution in [3.05, 3.63) is 35.4 Å². The highest BCUT2D eigenvalue weighted by Gasteiger charge is 2.32. The Hall–Kier alpha value is -2.90. The summed E-state index contributed by atoms with van der Waals surface area (Å²) >= 11 is 0. The predicted octanol–water partition coefficient (Wildman–Crippen LogP) is 1.68. The van der Waals surface area contributed by atoms with Gasteiger partial charge in [0.2, 0.25) is 11.8 Å². The van der Waals surface area contributed by atoms with Gasteiger partial charge >= 0.3 is 11.9 Å². The summed E-state index contributed by atoms with van der Waals surface area (Å²) in [6.45, 7) is 3.34. The number of carbonyl (C=O) groups excluding carboxylic acids is 2. The van der Waals surface area contributed by atoms with Crippen LogP contribution in [0.15, 0.2) is 24.3 Å².